The zero-order chi connectivity index (χ0) is 21.1. The molecule has 4 rings (SSSR count). The van der Waals surface area contributed by atoms with Crippen LogP contribution in [0.5, 0.6) is 0 Å². The minimum absolute atomic E-state index is 0.133. The lowest BCUT2D eigenvalue weighted by atomic mass is 10.1. The van der Waals surface area contributed by atoms with Crippen molar-refractivity contribution in [3.05, 3.63) is 64.2 Å². The number of nitrogens with zero attached hydrogens (tertiary/aromatic N) is 2. The first-order valence-electron chi connectivity index (χ1n) is 9.69. The van der Waals surface area contributed by atoms with Crippen LogP contribution in [-0.2, 0) is 9.47 Å². The number of benzene rings is 1. The van der Waals surface area contributed by atoms with E-state index in [-0.39, 0.29) is 11.8 Å². The number of ether oxygens (including phenoxy) is 2. The Kier molecular flexibility index (Phi) is 5.92. The van der Waals surface area contributed by atoms with Gasteiger partial charge in [0.1, 0.15) is 9.71 Å². The highest BCUT2D eigenvalue weighted by Gasteiger charge is 2.18. The molecule has 0 atom stereocenters. The highest BCUT2D eigenvalue weighted by atomic mass is 32.1. The molecule has 0 unspecified atom stereocenters. The van der Waals surface area contributed by atoms with E-state index in [0.717, 1.165) is 48.5 Å². The molecule has 0 N–H and O–H groups in total. The summed E-state index contributed by atoms with van der Waals surface area (Å²) >= 11 is 1.27. The lowest BCUT2D eigenvalue weighted by Gasteiger charge is -2.28. The van der Waals surface area contributed by atoms with Crippen LogP contribution in [0.25, 0.3) is 16.3 Å². The number of thiophene rings is 1. The Morgan fingerprint density at radius 2 is 1.93 bits per heavy atom. The third kappa shape index (κ3) is 4.13. The van der Waals surface area contributed by atoms with Crippen LogP contribution in [-0.4, -0.2) is 50.1 Å². The maximum Gasteiger partial charge on any atom is 0.348 e. The standard InChI is InChI=1S/C23H22N2O4S/c1-15-19-13-17(14-24-22(19)30-21(15)23(27)28-2)20(26)8-5-16-3-6-18(7-4-16)25-9-11-29-12-10-25/h3-8,13-14H,9-12H2,1-2H3/b8-5+. The number of pyridine rings is 1. The van der Waals surface area contributed by atoms with Gasteiger partial charge in [-0.3, -0.25) is 4.79 Å². The van der Waals surface area contributed by atoms with Crippen LogP contribution in [0.4, 0.5) is 5.69 Å². The van der Waals surface area contributed by atoms with Crippen LogP contribution in [0, 0.1) is 6.92 Å². The zero-order valence-electron chi connectivity index (χ0n) is 16.9. The number of rotatable bonds is 5. The van der Waals surface area contributed by atoms with Crippen LogP contribution in [0.1, 0.15) is 31.2 Å². The van der Waals surface area contributed by atoms with Crippen molar-refractivity contribution in [3.63, 3.8) is 0 Å². The number of hydrogen-bond acceptors (Lipinski definition) is 7. The molecule has 1 fully saturated rings. The van der Waals surface area contributed by atoms with Gasteiger partial charge in [0.05, 0.1) is 20.3 Å². The van der Waals surface area contributed by atoms with Crippen LogP contribution < -0.4 is 4.90 Å². The fourth-order valence-electron chi connectivity index (χ4n) is 3.41. The van der Waals surface area contributed by atoms with Gasteiger partial charge in [0.2, 0.25) is 0 Å². The number of methoxy groups -OCH3 is 1. The molecule has 0 radical (unpaired) electrons. The summed E-state index contributed by atoms with van der Waals surface area (Å²) in [6.45, 7) is 5.12. The fourth-order valence-corrected chi connectivity index (χ4v) is 4.46. The van der Waals surface area contributed by atoms with Crippen LogP contribution in [0.3, 0.4) is 0 Å². The van der Waals surface area contributed by atoms with Crippen molar-refractivity contribution in [2.75, 3.05) is 38.3 Å². The zero-order valence-corrected chi connectivity index (χ0v) is 17.7. The monoisotopic (exact) mass is 422 g/mol. The Labute approximate surface area is 178 Å². The van der Waals surface area contributed by atoms with Crippen molar-refractivity contribution in [1.82, 2.24) is 4.98 Å². The molecule has 3 heterocycles. The van der Waals surface area contributed by atoms with Gasteiger partial charge in [-0.15, -0.1) is 11.3 Å². The maximum absolute atomic E-state index is 12.6. The van der Waals surface area contributed by atoms with E-state index in [1.54, 1.807) is 24.4 Å². The minimum Gasteiger partial charge on any atom is -0.465 e. The van der Waals surface area contributed by atoms with E-state index in [0.29, 0.717) is 15.3 Å². The van der Waals surface area contributed by atoms with Crippen molar-refractivity contribution >= 4 is 45.1 Å². The Morgan fingerprint density at radius 1 is 1.20 bits per heavy atom. The van der Waals surface area contributed by atoms with E-state index >= 15 is 0 Å². The molecule has 0 spiro atoms. The van der Waals surface area contributed by atoms with Gasteiger partial charge in [0, 0.05) is 35.9 Å². The number of carbonyl (C=O) groups excluding carboxylic acids is 2. The maximum atomic E-state index is 12.6. The first-order chi connectivity index (χ1) is 14.6. The van der Waals surface area contributed by atoms with Crippen molar-refractivity contribution in [2.45, 2.75) is 6.92 Å². The second-order valence-electron chi connectivity index (χ2n) is 7.01. The van der Waals surface area contributed by atoms with Gasteiger partial charge < -0.3 is 14.4 Å². The van der Waals surface area contributed by atoms with E-state index in [9.17, 15) is 9.59 Å². The van der Waals surface area contributed by atoms with Gasteiger partial charge in [0.15, 0.2) is 5.78 Å². The van der Waals surface area contributed by atoms with Gasteiger partial charge >= 0.3 is 5.97 Å². The summed E-state index contributed by atoms with van der Waals surface area (Å²) in [7, 11) is 1.35. The molecule has 1 aliphatic heterocycles. The summed E-state index contributed by atoms with van der Waals surface area (Å²) in [5.74, 6) is -0.518. The number of allylic oxidation sites excluding steroid dienone is 1. The molecular formula is C23H22N2O4S. The summed E-state index contributed by atoms with van der Waals surface area (Å²) < 4.78 is 10.2. The second kappa shape index (κ2) is 8.77. The number of morpholine rings is 1. The quantitative estimate of drug-likeness (QED) is 0.350. The number of anilines is 1. The SMILES string of the molecule is COC(=O)c1sc2ncc(C(=O)/C=C/c3ccc(N4CCOCC4)cc3)cc2c1C. The van der Waals surface area contributed by atoms with Crippen molar-refractivity contribution in [1.29, 1.82) is 0 Å². The molecule has 1 saturated heterocycles. The van der Waals surface area contributed by atoms with Gasteiger partial charge in [-0.05, 0) is 42.3 Å². The van der Waals surface area contributed by atoms with E-state index < -0.39 is 0 Å². The number of ketones is 1. The first-order valence-corrected chi connectivity index (χ1v) is 10.5. The molecular weight excluding hydrogens is 400 g/mol. The molecule has 0 saturated carbocycles. The molecule has 7 heteroatoms. The van der Waals surface area contributed by atoms with Gasteiger partial charge in [-0.25, -0.2) is 9.78 Å². The Balaban J connectivity index is 1.50. The summed E-state index contributed by atoms with van der Waals surface area (Å²) in [5.41, 5.74) is 3.38. The van der Waals surface area contributed by atoms with E-state index in [2.05, 4.69) is 22.0 Å². The Hall–Kier alpha value is -3.03. The molecule has 2 aromatic heterocycles. The summed E-state index contributed by atoms with van der Waals surface area (Å²) in [6.07, 6.45) is 4.90. The van der Waals surface area contributed by atoms with Crippen molar-refractivity contribution in [3.8, 4) is 0 Å². The molecule has 154 valence electrons. The highest BCUT2D eigenvalue weighted by molar-refractivity contribution is 7.20. The van der Waals surface area contributed by atoms with Gasteiger partial charge in [-0.2, -0.15) is 0 Å². The number of hydrogen-bond donors (Lipinski definition) is 0. The number of carbonyl (C=O) groups is 2. The third-order valence-corrected chi connectivity index (χ3v) is 6.34. The average molecular weight is 423 g/mol. The number of fused-ring (bicyclic) bond motifs is 1. The van der Waals surface area contributed by atoms with Crippen molar-refractivity contribution < 1.29 is 19.1 Å². The van der Waals surface area contributed by atoms with E-state index in [1.807, 2.05) is 19.1 Å². The fraction of sp³-hybridized carbons (Fsp3) is 0.261. The lowest BCUT2D eigenvalue weighted by molar-refractivity contribution is 0.0605. The first kappa shape index (κ1) is 20.3. The van der Waals surface area contributed by atoms with Gasteiger partial charge in [0.25, 0.3) is 0 Å². The Morgan fingerprint density at radius 3 is 2.63 bits per heavy atom. The summed E-state index contributed by atoms with van der Waals surface area (Å²) in [6, 6.07) is 9.91. The predicted octanol–water partition coefficient (Wildman–Crippen LogP) is 4.12. The topological polar surface area (TPSA) is 68.7 Å². The summed E-state index contributed by atoms with van der Waals surface area (Å²) in [4.78, 5) is 32.4. The van der Waals surface area contributed by atoms with Crippen LogP contribution in [0.15, 0.2) is 42.6 Å². The van der Waals surface area contributed by atoms with Crippen LogP contribution in [0.2, 0.25) is 0 Å². The molecule has 0 bridgehead atoms. The van der Waals surface area contributed by atoms with E-state index in [4.69, 9.17) is 9.47 Å². The lowest BCUT2D eigenvalue weighted by Crippen LogP contribution is -2.36. The Bertz CT molecular complexity index is 1110. The highest BCUT2D eigenvalue weighted by Crippen LogP contribution is 2.30. The predicted molar refractivity (Wildman–Crippen MR) is 119 cm³/mol. The normalized spacial score (nSPS) is 14.4. The molecule has 0 amide bonds. The summed E-state index contributed by atoms with van der Waals surface area (Å²) in [5, 5.41) is 0.800. The van der Waals surface area contributed by atoms with Crippen molar-refractivity contribution in [2.24, 2.45) is 0 Å². The molecule has 30 heavy (non-hydrogen) atoms. The number of esters is 1. The molecule has 0 aliphatic carbocycles. The average Bonchev–Trinajstić information content (AvgIpc) is 3.13. The van der Waals surface area contributed by atoms with Gasteiger partial charge in [-0.1, -0.05) is 18.2 Å². The minimum atomic E-state index is -0.385. The number of aryl methyl sites for hydroxylation is 1. The smallest absolute Gasteiger partial charge is 0.348 e. The molecule has 1 aromatic carbocycles. The molecule has 6 nitrogen and oxygen atoms in total. The van der Waals surface area contributed by atoms with Crippen LogP contribution >= 0.6 is 11.3 Å². The second-order valence-corrected chi connectivity index (χ2v) is 8.01. The van der Waals surface area contributed by atoms with E-state index in [1.165, 1.54) is 18.4 Å². The number of aromatic nitrogens is 1. The third-order valence-electron chi connectivity index (χ3n) is 5.15. The molecule has 3 aromatic rings. The molecule has 1 aliphatic rings. The largest absolute Gasteiger partial charge is 0.465 e.